The summed E-state index contributed by atoms with van der Waals surface area (Å²) < 4.78 is 14.2. The molecule has 2 aliphatic rings. The number of carbonyl (C=O) groups is 3. The van der Waals surface area contributed by atoms with Crippen LogP contribution in [0.1, 0.15) is 32.1 Å². The minimum atomic E-state index is -2.77. The molecule has 2 fully saturated rings. The average molecular weight is 304 g/mol. The number of hydrogen-bond acceptors (Lipinski definition) is 9. The molecule has 0 amide bonds. The van der Waals surface area contributed by atoms with Crippen LogP contribution in [-0.4, -0.2) is 57.5 Å². The summed E-state index contributed by atoms with van der Waals surface area (Å²) in [6.45, 7) is -0.113. The molecule has 0 radical (unpaired) electrons. The minimum absolute atomic E-state index is 0.00177. The van der Waals surface area contributed by atoms with Gasteiger partial charge in [-0.1, -0.05) is 0 Å². The van der Waals surface area contributed by atoms with Crippen LogP contribution in [0.3, 0.4) is 0 Å². The van der Waals surface area contributed by atoms with Gasteiger partial charge < -0.3 is 29.5 Å². The van der Waals surface area contributed by atoms with Crippen molar-refractivity contribution in [2.75, 3.05) is 6.61 Å². The van der Waals surface area contributed by atoms with Crippen molar-refractivity contribution in [1.82, 2.24) is 0 Å². The van der Waals surface area contributed by atoms with Gasteiger partial charge in [0.2, 0.25) is 6.10 Å². The maximum absolute atomic E-state index is 11.8. The molecular weight excluding hydrogens is 288 g/mol. The summed E-state index contributed by atoms with van der Waals surface area (Å²) in [4.78, 5) is 35.1. The van der Waals surface area contributed by atoms with E-state index in [9.17, 15) is 24.6 Å². The first-order chi connectivity index (χ1) is 9.79. The van der Waals surface area contributed by atoms with Crippen LogP contribution in [-0.2, 0) is 28.6 Å². The number of aliphatic hydroxyl groups excluding tert-OH is 1. The zero-order valence-electron chi connectivity index (χ0n) is 11.1. The highest BCUT2D eigenvalue weighted by Crippen LogP contribution is 2.34. The molecule has 0 aromatic carbocycles. The monoisotopic (exact) mass is 304 g/mol. The summed E-state index contributed by atoms with van der Waals surface area (Å²) in [7, 11) is 0. The molecule has 9 nitrogen and oxygen atoms in total. The van der Waals surface area contributed by atoms with E-state index < -0.39 is 48.4 Å². The van der Waals surface area contributed by atoms with Gasteiger partial charge in [0.15, 0.2) is 5.60 Å². The number of ether oxygens (including phenoxy) is 3. The second-order valence-electron chi connectivity index (χ2n) is 5.08. The van der Waals surface area contributed by atoms with Gasteiger partial charge in [0.1, 0.15) is 0 Å². The number of unbranched alkanes of at least 4 members (excludes halogenated alkanes) is 1. The highest BCUT2D eigenvalue weighted by molar-refractivity contribution is 5.91. The van der Waals surface area contributed by atoms with Gasteiger partial charge in [-0.2, -0.15) is 0 Å². The molecule has 2 rings (SSSR count). The number of hydrogen-bond donors (Lipinski definition) is 3. The van der Waals surface area contributed by atoms with Crippen LogP contribution in [0.4, 0.5) is 0 Å². The molecule has 2 bridgehead atoms. The number of cyclic esters (lactones) is 1. The van der Waals surface area contributed by atoms with E-state index in [1.54, 1.807) is 0 Å². The lowest BCUT2D eigenvalue weighted by Crippen LogP contribution is -2.55. The molecule has 0 aromatic rings. The molecular formula is C12H16O9. The van der Waals surface area contributed by atoms with Crippen LogP contribution in [0.25, 0.3) is 0 Å². The van der Waals surface area contributed by atoms with Gasteiger partial charge >= 0.3 is 23.9 Å². The molecule has 9 heteroatoms. The van der Waals surface area contributed by atoms with Crippen LogP contribution in [0.2, 0.25) is 0 Å². The molecule has 2 heterocycles. The van der Waals surface area contributed by atoms with E-state index in [-0.39, 0.29) is 13.0 Å². The van der Waals surface area contributed by atoms with Crippen molar-refractivity contribution >= 4 is 17.9 Å². The number of esters is 3. The smallest absolute Gasteiger partial charge is 0.413 e. The summed E-state index contributed by atoms with van der Waals surface area (Å²) in [5.41, 5.74) is -2.41. The van der Waals surface area contributed by atoms with Gasteiger partial charge in [0, 0.05) is 6.61 Å². The third-order valence-corrected chi connectivity index (χ3v) is 3.31. The predicted molar refractivity (Wildman–Crippen MR) is 62.1 cm³/mol. The van der Waals surface area contributed by atoms with E-state index >= 15 is 0 Å². The Kier molecular flexibility index (Phi) is 4.17. The molecule has 3 N–H and O–H groups in total. The topological polar surface area (TPSA) is 140 Å². The van der Waals surface area contributed by atoms with Gasteiger partial charge in [-0.25, -0.2) is 4.79 Å². The molecule has 0 aromatic heterocycles. The molecule has 3 unspecified atom stereocenters. The molecule has 0 spiro atoms. The van der Waals surface area contributed by atoms with E-state index in [1.807, 2.05) is 0 Å². The lowest BCUT2D eigenvalue weighted by molar-refractivity contribution is -0.363. The SMILES string of the molecule is O=C1CC2(O)CC(=O)OC(O)(OC2=O)C(CCCCO)O1. The zero-order valence-corrected chi connectivity index (χ0v) is 11.1. The third-order valence-electron chi connectivity index (χ3n) is 3.31. The second-order valence-corrected chi connectivity index (χ2v) is 5.08. The molecule has 21 heavy (non-hydrogen) atoms. The molecule has 0 aliphatic carbocycles. The van der Waals surface area contributed by atoms with Gasteiger partial charge in [0.25, 0.3) is 0 Å². The lowest BCUT2D eigenvalue weighted by atomic mass is 9.95. The number of carbonyl (C=O) groups excluding carboxylic acids is 3. The Morgan fingerprint density at radius 3 is 2.38 bits per heavy atom. The standard InChI is InChI=1S/C12H16O9/c13-4-2-1-3-7-12(18)20-9(15)6-11(17,10(16)21-12)5-8(14)19-7/h7,13,17-18H,1-6H2. The van der Waals surface area contributed by atoms with Gasteiger partial charge in [0.05, 0.1) is 12.8 Å². The van der Waals surface area contributed by atoms with E-state index in [0.29, 0.717) is 12.8 Å². The summed E-state index contributed by atoms with van der Waals surface area (Å²) in [5.74, 6) is -6.14. The Morgan fingerprint density at radius 2 is 1.71 bits per heavy atom. The predicted octanol–water partition coefficient (Wildman–Crippen LogP) is -1.67. The van der Waals surface area contributed by atoms with E-state index in [4.69, 9.17) is 9.84 Å². The Labute approximate surface area is 119 Å². The Morgan fingerprint density at radius 1 is 1.05 bits per heavy atom. The van der Waals surface area contributed by atoms with Crippen molar-refractivity contribution in [1.29, 1.82) is 0 Å². The summed E-state index contributed by atoms with van der Waals surface area (Å²) in [5, 5.41) is 28.9. The van der Waals surface area contributed by atoms with Crippen LogP contribution in [0, 0.1) is 0 Å². The first-order valence-electron chi connectivity index (χ1n) is 6.49. The molecule has 2 saturated heterocycles. The van der Waals surface area contributed by atoms with Crippen LogP contribution in [0.15, 0.2) is 0 Å². The van der Waals surface area contributed by atoms with Crippen molar-refractivity contribution in [3.63, 3.8) is 0 Å². The molecule has 118 valence electrons. The average Bonchev–Trinajstić information content (AvgIpc) is 2.41. The van der Waals surface area contributed by atoms with Crippen LogP contribution in [0.5, 0.6) is 0 Å². The number of aliphatic hydroxyl groups is 3. The van der Waals surface area contributed by atoms with Crippen molar-refractivity contribution in [3.8, 4) is 0 Å². The van der Waals surface area contributed by atoms with Crippen molar-refractivity contribution in [3.05, 3.63) is 0 Å². The van der Waals surface area contributed by atoms with Gasteiger partial charge in [-0.15, -0.1) is 0 Å². The van der Waals surface area contributed by atoms with Crippen molar-refractivity contribution < 1.29 is 43.9 Å². The Balaban J connectivity index is 2.30. The maximum Gasteiger partial charge on any atom is 0.413 e. The molecule has 0 saturated carbocycles. The fourth-order valence-electron chi connectivity index (χ4n) is 2.22. The van der Waals surface area contributed by atoms with E-state index in [2.05, 4.69) is 9.47 Å². The zero-order chi connectivity index (χ0) is 15.7. The Hall–Kier alpha value is -1.71. The lowest BCUT2D eigenvalue weighted by Gasteiger charge is -2.34. The minimum Gasteiger partial charge on any atom is -0.451 e. The highest BCUT2D eigenvalue weighted by Gasteiger charge is 2.58. The van der Waals surface area contributed by atoms with Gasteiger partial charge in [-0.3, -0.25) is 9.59 Å². The second kappa shape index (κ2) is 5.58. The van der Waals surface area contributed by atoms with Gasteiger partial charge in [-0.05, 0) is 19.3 Å². The largest absolute Gasteiger partial charge is 0.451 e. The summed E-state index contributed by atoms with van der Waals surface area (Å²) in [6, 6.07) is 0. The fourth-order valence-corrected chi connectivity index (χ4v) is 2.22. The van der Waals surface area contributed by atoms with Crippen molar-refractivity contribution in [2.24, 2.45) is 0 Å². The quantitative estimate of drug-likeness (QED) is 0.411. The van der Waals surface area contributed by atoms with Crippen LogP contribution >= 0.6 is 0 Å². The highest BCUT2D eigenvalue weighted by atomic mass is 16.9. The Bertz CT molecular complexity index is 462. The summed E-state index contributed by atoms with van der Waals surface area (Å²) in [6.07, 6.45) is -2.32. The fraction of sp³-hybridized carbons (Fsp3) is 0.750. The van der Waals surface area contributed by atoms with E-state index in [0.717, 1.165) is 0 Å². The third kappa shape index (κ3) is 3.14. The maximum atomic E-state index is 11.8. The number of rotatable bonds is 4. The normalized spacial score (nSPS) is 36.1. The first kappa shape index (κ1) is 15.7. The number of fused-ring (bicyclic) bond motifs is 3. The van der Waals surface area contributed by atoms with E-state index in [1.165, 1.54) is 0 Å². The first-order valence-corrected chi connectivity index (χ1v) is 6.49. The summed E-state index contributed by atoms with van der Waals surface area (Å²) >= 11 is 0. The van der Waals surface area contributed by atoms with Crippen molar-refractivity contribution in [2.45, 2.75) is 49.8 Å². The van der Waals surface area contributed by atoms with Crippen LogP contribution < -0.4 is 0 Å². The molecule has 3 atom stereocenters. The molecule has 2 aliphatic heterocycles.